The van der Waals surface area contributed by atoms with Gasteiger partial charge in [-0.1, -0.05) is 34.1 Å². The average molecular weight is 215 g/mol. The highest BCUT2D eigenvalue weighted by molar-refractivity contribution is 4.65. The van der Waals surface area contributed by atoms with Crippen LogP contribution in [0.1, 0.15) is 53.9 Å². The summed E-state index contributed by atoms with van der Waals surface area (Å²) in [7, 11) is 0. The number of hydrogen-bond acceptors (Lipinski definition) is 2. The highest BCUT2D eigenvalue weighted by Crippen LogP contribution is 2.08. The van der Waals surface area contributed by atoms with Crippen molar-refractivity contribution in [2.75, 3.05) is 13.2 Å². The minimum Gasteiger partial charge on any atom is -0.377 e. The predicted octanol–water partition coefficient (Wildman–Crippen LogP) is 3.22. The number of hydrogen-bond donors (Lipinski definition) is 1. The summed E-state index contributed by atoms with van der Waals surface area (Å²) >= 11 is 0. The maximum absolute atomic E-state index is 5.86. The van der Waals surface area contributed by atoms with Crippen molar-refractivity contribution >= 4 is 0 Å². The quantitative estimate of drug-likeness (QED) is 0.637. The molecule has 0 aliphatic rings. The van der Waals surface area contributed by atoms with Crippen LogP contribution >= 0.6 is 0 Å². The first kappa shape index (κ1) is 14.9. The van der Waals surface area contributed by atoms with Gasteiger partial charge < -0.3 is 10.1 Å². The fourth-order valence-corrected chi connectivity index (χ4v) is 1.89. The molecular formula is C13H29NO. The van der Waals surface area contributed by atoms with Crippen molar-refractivity contribution < 1.29 is 4.74 Å². The average Bonchev–Trinajstić information content (AvgIpc) is 2.14. The SMILES string of the molecule is CCCC(COC(C)CC(C)C)NCC. The van der Waals surface area contributed by atoms with Crippen LogP contribution in [0.4, 0.5) is 0 Å². The Morgan fingerprint density at radius 1 is 1.13 bits per heavy atom. The van der Waals surface area contributed by atoms with Crippen molar-refractivity contribution in [1.29, 1.82) is 0 Å². The normalized spacial score (nSPS) is 15.6. The van der Waals surface area contributed by atoms with E-state index in [-0.39, 0.29) is 0 Å². The minimum absolute atomic E-state index is 0.392. The molecule has 0 radical (unpaired) electrons. The first-order valence-corrected chi connectivity index (χ1v) is 6.45. The molecule has 15 heavy (non-hydrogen) atoms. The highest BCUT2D eigenvalue weighted by atomic mass is 16.5. The number of ether oxygens (including phenoxy) is 1. The fourth-order valence-electron chi connectivity index (χ4n) is 1.89. The van der Waals surface area contributed by atoms with E-state index in [1.807, 2.05) is 0 Å². The van der Waals surface area contributed by atoms with E-state index >= 15 is 0 Å². The van der Waals surface area contributed by atoms with Gasteiger partial charge in [-0.2, -0.15) is 0 Å². The third-order valence-corrected chi connectivity index (χ3v) is 2.52. The Morgan fingerprint density at radius 3 is 2.27 bits per heavy atom. The van der Waals surface area contributed by atoms with Gasteiger partial charge >= 0.3 is 0 Å². The van der Waals surface area contributed by atoms with E-state index in [4.69, 9.17) is 4.74 Å². The van der Waals surface area contributed by atoms with Gasteiger partial charge in [0.05, 0.1) is 12.7 Å². The van der Waals surface area contributed by atoms with Crippen LogP contribution in [-0.4, -0.2) is 25.3 Å². The lowest BCUT2D eigenvalue weighted by atomic mass is 10.1. The van der Waals surface area contributed by atoms with Crippen molar-refractivity contribution in [3.63, 3.8) is 0 Å². The van der Waals surface area contributed by atoms with Crippen LogP contribution < -0.4 is 5.32 Å². The number of nitrogens with one attached hydrogen (secondary N) is 1. The van der Waals surface area contributed by atoms with Gasteiger partial charge in [-0.3, -0.25) is 0 Å². The smallest absolute Gasteiger partial charge is 0.0623 e. The summed E-state index contributed by atoms with van der Waals surface area (Å²) < 4.78 is 5.86. The second kappa shape index (κ2) is 9.17. The van der Waals surface area contributed by atoms with Crippen LogP contribution in [0.3, 0.4) is 0 Å². The van der Waals surface area contributed by atoms with Gasteiger partial charge in [-0.15, -0.1) is 0 Å². The molecule has 0 rings (SSSR count). The molecule has 0 aliphatic heterocycles. The molecule has 2 heteroatoms. The van der Waals surface area contributed by atoms with Crippen molar-refractivity contribution in [3.05, 3.63) is 0 Å². The van der Waals surface area contributed by atoms with Gasteiger partial charge in [-0.25, -0.2) is 0 Å². The van der Waals surface area contributed by atoms with Crippen LogP contribution in [0.15, 0.2) is 0 Å². The Morgan fingerprint density at radius 2 is 1.80 bits per heavy atom. The molecule has 0 heterocycles. The van der Waals surface area contributed by atoms with Crippen LogP contribution in [0.25, 0.3) is 0 Å². The van der Waals surface area contributed by atoms with E-state index in [0.717, 1.165) is 25.5 Å². The van der Waals surface area contributed by atoms with Gasteiger partial charge in [0.25, 0.3) is 0 Å². The van der Waals surface area contributed by atoms with Gasteiger partial charge in [0.1, 0.15) is 0 Å². The zero-order valence-corrected chi connectivity index (χ0v) is 11.2. The lowest BCUT2D eigenvalue weighted by molar-refractivity contribution is 0.0361. The van der Waals surface area contributed by atoms with Gasteiger partial charge in [0.2, 0.25) is 0 Å². The van der Waals surface area contributed by atoms with E-state index in [1.54, 1.807) is 0 Å². The Labute approximate surface area is 95.8 Å². The van der Waals surface area contributed by atoms with E-state index in [1.165, 1.54) is 12.8 Å². The molecule has 2 unspecified atom stereocenters. The molecule has 0 amide bonds. The molecule has 1 N–H and O–H groups in total. The van der Waals surface area contributed by atoms with Crippen LogP contribution in [0.5, 0.6) is 0 Å². The largest absolute Gasteiger partial charge is 0.377 e. The lowest BCUT2D eigenvalue weighted by Gasteiger charge is -2.21. The van der Waals surface area contributed by atoms with Crippen molar-refractivity contribution in [3.8, 4) is 0 Å². The standard InChI is InChI=1S/C13H29NO/c1-6-8-13(14-7-2)10-15-12(5)9-11(3)4/h11-14H,6-10H2,1-5H3. The molecule has 0 saturated heterocycles. The fraction of sp³-hybridized carbons (Fsp3) is 1.00. The third kappa shape index (κ3) is 8.88. The summed E-state index contributed by atoms with van der Waals surface area (Å²) in [5.41, 5.74) is 0. The van der Waals surface area contributed by atoms with E-state index < -0.39 is 0 Å². The molecule has 92 valence electrons. The second-order valence-corrected chi connectivity index (χ2v) is 4.82. The van der Waals surface area contributed by atoms with Crippen molar-refractivity contribution in [2.24, 2.45) is 5.92 Å². The number of rotatable bonds is 9. The third-order valence-electron chi connectivity index (χ3n) is 2.52. The van der Waals surface area contributed by atoms with Crippen molar-refractivity contribution in [1.82, 2.24) is 5.32 Å². The molecule has 0 aromatic carbocycles. The Kier molecular flexibility index (Phi) is 9.12. The Bertz CT molecular complexity index is 130. The first-order valence-electron chi connectivity index (χ1n) is 6.45. The number of likely N-dealkylation sites (N-methyl/N-ethyl adjacent to an activating group) is 1. The molecule has 0 saturated carbocycles. The van der Waals surface area contributed by atoms with E-state index in [9.17, 15) is 0 Å². The lowest BCUT2D eigenvalue weighted by Crippen LogP contribution is -2.34. The second-order valence-electron chi connectivity index (χ2n) is 4.82. The molecule has 2 atom stereocenters. The monoisotopic (exact) mass is 215 g/mol. The van der Waals surface area contributed by atoms with E-state index in [2.05, 4.69) is 39.9 Å². The molecule has 0 bridgehead atoms. The summed E-state index contributed by atoms with van der Waals surface area (Å²) in [5.74, 6) is 0.726. The summed E-state index contributed by atoms with van der Waals surface area (Å²) in [5, 5.41) is 3.47. The van der Waals surface area contributed by atoms with Gasteiger partial charge in [0, 0.05) is 6.04 Å². The van der Waals surface area contributed by atoms with Crippen molar-refractivity contribution in [2.45, 2.75) is 66.0 Å². The van der Waals surface area contributed by atoms with Crippen LogP contribution in [0.2, 0.25) is 0 Å². The Hall–Kier alpha value is -0.0800. The van der Waals surface area contributed by atoms with E-state index in [0.29, 0.717) is 12.1 Å². The molecule has 0 aliphatic carbocycles. The molecule has 0 aromatic rings. The minimum atomic E-state index is 0.392. The summed E-state index contributed by atoms with van der Waals surface area (Å²) in [6.07, 6.45) is 3.98. The summed E-state index contributed by atoms with van der Waals surface area (Å²) in [6.45, 7) is 12.9. The zero-order valence-electron chi connectivity index (χ0n) is 11.2. The highest BCUT2D eigenvalue weighted by Gasteiger charge is 2.10. The Balaban J connectivity index is 3.67. The molecule has 0 fully saturated rings. The zero-order chi connectivity index (χ0) is 11.7. The maximum atomic E-state index is 5.86. The summed E-state index contributed by atoms with van der Waals surface area (Å²) in [4.78, 5) is 0. The molecule has 0 aromatic heterocycles. The van der Waals surface area contributed by atoms with Crippen LogP contribution in [0, 0.1) is 5.92 Å². The first-order chi connectivity index (χ1) is 7.10. The van der Waals surface area contributed by atoms with Gasteiger partial charge in [-0.05, 0) is 32.2 Å². The summed E-state index contributed by atoms with van der Waals surface area (Å²) in [6, 6.07) is 0.537. The van der Waals surface area contributed by atoms with Gasteiger partial charge in [0.15, 0.2) is 0 Å². The molecular weight excluding hydrogens is 186 g/mol. The molecule has 2 nitrogen and oxygen atoms in total. The molecule has 0 spiro atoms. The van der Waals surface area contributed by atoms with Crippen LogP contribution in [-0.2, 0) is 4.74 Å². The topological polar surface area (TPSA) is 21.3 Å². The maximum Gasteiger partial charge on any atom is 0.0623 e. The predicted molar refractivity (Wildman–Crippen MR) is 67.2 cm³/mol.